The van der Waals surface area contributed by atoms with Gasteiger partial charge in [-0.15, -0.1) is 0 Å². The van der Waals surface area contributed by atoms with Gasteiger partial charge in [0.1, 0.15) is 16.4 Å². The van der Waals surface area contributed by atoms with E-state index in [1.807, 2.05) is 0 Å². The number of pyridine rings is 1. The Morgan fingerprint density at radius 1 is 1.60 bits per heavy atom. The Kier molecular flexibility index (Phi) is 3.40. The first-order chi connectivity index (χ1) is 6.99. The smallest absolute Gasteiger partial charge is 0.298 e. The van der Waals surface area contributed by atoms with Gasteiger partial charge >= 0.3 is 5.69 Å². The second kappa shape index (κ2) is 4.39. The van der Waals surface area contributed by atoms with Crippen LogP contribution >= 0.6 is 15.9 Å². The van der Waals surface area contributed by atoms with Gasteiger partial charge in [0.25, 0.3) is 6.43 Å². The summed E-state index contributed by atoms with van der Waals surface area (Å²) in [4.78, 5) is 23.3. The van der Waals surface area contributed by atoms with Gasteiger partial charge < -0.3 is 0 Å². The van der Waals surface area contributed by atoms with Crippen molar-refractivity contribution < 1.29 is 18.5 Å². The van der Waals surface area contributed by atoms with Crippen LogP contribution in [0.5, 0.6) is 0 Å². The van der Waals surface area contributed by atoms with Crippen LogP contribution in [-0.4, -0.2) is 16.2 Å². The van der Waals surface area contributed by atoms with E-state index in [1.165, 1.54) is 0 Å². The van der Waals surface area contributed by atoms with Crippen molar-refractivity contribution in [2.45, 2.75) is 6.43 Å². The van der Waals surface area contributed by atoms with Gasteiger partial charge in [0.15, 0.2) is 6.29 Å². The highest BCUT2D eigenvalue weighted by Crippen LogP contribution is 2.32. The Balaban J connectivity index is 3.45. The number of hydrogen-bond acceptors (Lipinski definition) is 4. The molecular weight excluding hydrogens is 278 g/mol. The van der Waals surface area contributed by atoms with Crippen molar-refractivity contribution in [3.8, 4) is 0 Å². The molecule has 5 nitrogen and oxygen atoms in total. The fourth-order valence-corrected chi connectivity index (χ4v) is 1.46. The number of carbonyl (C=O) groups is 1. The molecule has 0 radical (unpaired) electrons. The van der Waals surface area contributed by atoms with Gasteiger partial charge in [-0.1, -0.05) is 0 Å². The van der Waals surface area contributed by atoms with Crippen LogP contribution in [0.1, 0.15) is 22.5 Å². The van der Waals surface area contributed by atoms with Crippen molar-refractivity contribution in [3.63, 3.8) is 0 Å². The maximum atomic E-state index is 12.3. The number of hydrogen-bond donors (Lipinski definition) is 0. The van der Waals surface area contributed by atoms with E-state index in [9.17, 15) is 23.7 Å². The molecule has 0 spiro atoms. The van der Waals surface area contributed by atoms with E-state index in [1.54, 1.807) is 0 Å². The number of aromatic nitrogens is 1. The van der Waals surface area contributed by atoms with Gasteiger partial charge in [-0.05, 0) is 15.9 Å². The molecule has 0 saturated heterocycles. The summed E-state index contributed by atoms with van der Waals surface area (Å²) in [5.41, 5.74) is -1.80. The molecule has 1 heterocycles. The lowest BCUT2D eigenvalue weighted by Crippen LogP contribution is -2.02. The van der Waals surface area contributed by atoms with E-state index < -0.39 is 28.3 Å². The van der Waals surface area contributed by atoms with E-state index in [2.05, 4.69) is 20.9 Å². The minimum absolute atomic E-state index is 0.103. The summed E-state index contributed by atoms with van der Waals surface area (Å²) in [5.74, 6) is 0. The van der Waals surface area contributed by atoms with Crippen LogP contribution in [0.4, 0.5) is 14.5 Å². The Morgan fingerprint density at radius 2 is 2.20 bits per heavy atom. The average Bonchev–Trinajstić information content (AvgIpc) is 2.16. The van der Waals surface area contributed by atoms with Crippen molar-refractivity contribution in [2.75, 3.05) is 0 Å². The lowest BCUT2D eigenvalue weighted by Gasteiger charge is -2.04. The first kappa shape index (κ1) is 11.6. The lowest BCUT2D eigenvalue weighted by molar-refractivity contribution is -0.386. The van der Waals surface area contributed by atoms with Crippen molar-refractivity contribution in [2.24, 2.45) is 0 Å². The molecule has 1 aromatic rings. The summed E-state index contributed by atoms with van der Waals surface area (Å²) in [6.07, 6.45) is -2.17. The fraction of sp³-hybridized carbons (Fsp3) is 0.143. The number of rotatable bonds is 3. The monoisotopic (exact) mass is 280 g/mol. The molecule has 0 aliphatic carbocycles. The number of halogens is 3. The zero-order chi connectivity index (χ0) is 11.6. The van der Waals surface area contributed by atoms with Crippen molar-refractivity contribution in [3.05, 3.63) is 32.0 Å². The molecule has 0 saturated carbocycles. The van der Waals surface area contributed by atoms with Crippen LogP contribution in [-0.2, 0) is 0 Å². The Morgan fingerprint density at radius 3 is 2.60 bits per heavy atom. The van der Waals surface area contributed by atoms with Gasteiger partial charge in [0, 0.05) is 0 Å². The molecule has 0 aliphatic heterocycles. The van der Waals surface area contributed by atoms with Gasteiger partial charge in [-0.25, -0.2) is 13.8 Å². The maximum Gasteiger partial charge on any atom is 0.302 e. The molecule has 0 aromatic carbocycles. The quantitative estimate of drug-likeness (QED) is 0.484. The minimum atomic E-state index is -2.96. The van der Waals surface area contributed by atoms with Crippen LogP contribution in [0.25, 0.3) is 0 Å². The standard InChI is InChI=1S/C7H3BrF2N2O3/c8-5-3(2-13)6(7(9)10)11-1-4(5)12(14)15/h1-2,7H. The third kappa shape index (κ3) is 2.14. The Labute approximate surface area is 90.4 Å². The number of aldehydes is 1. The number of nitro groups is 1. The predicted octanol–water partition coefficient (Wildman–Crippen LogP) is 2.50. The summed E-state index contributed by atoms with van der Waals surface area (Å²) in [6, 6.07) is 0. The van der Waals surface area contributed by atoms with E-state index in [0.717, 1.165) is 0 Å². The molecule has 1 rings (SSSR count). The fourth-order valence-electron chi connectivity index (χ4n) is 0.921. The molecule has 15 heavy (non-hydrogen) atoms. The summed E-state index contributed by atoms with van der Waals surface area (Å²) < 4.78 is 24.3. The van der Waals surface area contributed by atoms with Crippen molar-refractivity contribution in [1.82, 2.24) is 4.98 Å². The van der Waals surface area contributed by atoms with E-state index in [-0.39, 0.29) is 10.8 Å². The van der Waals surface area contributed by atoms with E-state index in [0.29, 0.717) is 6.20 Å². The maximum absolute atomic E-state index is 12.3. The van der Waals surface area contributed by atoms with Gasteiger partial charge in [-0.2, -0.15) is 0 Å². The summed E-state index contributed by atoms with van der Waals surface area (Å²) in [7, 11) is 0. The average molecular weight is 281 g/mol. The number of nitrogens with zero attached hydrogens (tertiary/aromatic N) is 2. The molecule has 0 aliphatic rings. The van der Waals surface area contributed by atoms with E-state index >= 15 is 0 Å². The van der Waals surface area contributed by atoms with Crippen LogP contribution in [0.15, 0.2) is 10.7 Å². The molecule has 0 amide bonds. The van der Waals surface area contributed by atoms with Gasteiger partial charge in [-0.3, -0.25) is 14.9 Å². The second-order valence-corrected chi connectivity index (χ2v) is 3.22. The molecule has 0 fully saturated rings. The van der Waals surface area contributed by atoms with Crippen LogP contribution in [0.2, 0.25) is 0 Å². The minimum Gasteiger partial charge on any atom is -0.298 e. The predicted molar refractivity (Wildman–Crippen MR) is 48.9 cm³/mol. The lowest BCUT2D eigenvalue weighted by atomic mass is 10.2. The summed E-state index contributed by atoms with van der Waals surface area (Å²) in [6.45, 7) is 0. The highest BCUT2D eigenvalue weighted by atomic mass is 79.9. The molecule has 8 heteroatoms. The summed E-state index contributed by atoms with van der Waals surface area (Å²) in [5, 5.41) is 10.4. The van der Waals surface area contributed by atoms with Crippen molar-refractivity contribution in [1.29, 1.82) is 0 Å². The third-order valence-electron chi connectivity index (χ3n) is 1.58. The van der Waals surface area contributed by atoms with Crippen LogP contribution < -0.4 is 0 Å². The van der Waals surface area contributed by atoms with Gasteiger partial charge in [0.2, 0.25) is 0 Å². The SMILES string of the molecule is O=Cc1c(C(F)F)ncc([N+](=O)[O-])c1Br. The second-order valence-electron chi connectivity index (χ2n) is 2.43. The van der Waals surface area contributed by atoms with Gasteiger partial charge in [0.05, 0.1) is 10.5 Å². The third-order valence-corrected chi connectivity index (χ3v) is 2.42. The zero-order valence-corrected chi connectivity index (χ0v) is 8.57. The normalized spacial score (nSPS) is 10.4. The van der Waals surface area contributed by atoms with Crippen LogP contribution in [0.3, 0.4) is 0 Å². The molecule has 0 atom stereocenters. The Bertz CT molecular complexity index is 425. The first-order valence-corrected chi connectivity index (χ1v) is 4.34. The van der Waals surface area contributed by atoms with E-state index in [4.69, 9.17) is 0 Å². The van der Waals surface area contributed by atoms with Crippen molar-refractivity contribution >= 4 is 27.9 Å². The molecule has 80 valence electrons. The molecular formula is C7H3BrF2N2O3. The molecule has 0 N–H and O–H groups in total. The molecule has 0 bridgehead atoms. The Hall–Kier alpha value is -1.44. The zero-order valence-electron chi connectivity index (χ0n) is 6.99. The highest BCUT2D eigenvalue weighted by Gasteiger charge is 2.24. The van der Waals surface area contributed by atoms with Crippen LogP contribution in [0, 0.1) is 10.1 Å². The topological polar surface area (TPSA) is 73.1 Å². The highest BCUT2D eigenvalue weighted by molar-refractivity contribution is 9.10. The number of alkyl halides is 2. The molecule has 0 unspecified atom stereocenters. The number of carbonyl (C=O) groups excluding carboxylic acids is 1. The molecule has 1 aromatic heterocycles. The summed E-state index contributed by atoms with van der Waals surface area (Å²) >= 11 is 2.71. The first-order valence-electron chi connectivity index (χ1n) is 3.55. The largest absolute Gasteiger partial charge is 0.302 e.